The molecule has 0 saturated carbocycles. The molecule has 1 N–H and O–H groups in total. The van der Waals surface area contributed by atoms with Crippen LogP contribution in [-0.4, -0.2) is 24.0 Å². The van der Waals surface area contributed by atoms with Crippen LogP contribution in [0.4, 0.5) is 5.69 Å². The topological polar surface area (TPSA) is 57.6 Å². The Morgan fingerprint density at radius 2 is 2.11 bits per heavy atom. The lowest BCUT2D eigenvalue weighted by Crippen LogP contribution is -2.33. The minimum absolute atomic E-state index is 0.0840. The molecule has 1 heterocycles. The van der Waals surface area contributed by atoms with Gasteiger partial charge in [0.2, 0.25) is 5.91 Å². The van der Waals surface area contributed by atoms with Gasteiger partial charge in [-0.05, 0) is 37.5 Å². The Balaban J connectivity index is 2.33. The molecule has 100 valence electrons. The summed E-state index contributed by atoms with van der Waals surface area (Å²) in [6.07, 6.45) is 3.29. The van der Waals surface area contributed by atoms with E-state index >= 15 is 0 Å². The third kappa shape index (κ3) is 2.26. The first-order chi connectivity index (χ1) is 8.84. The molecule has 0 spiro atoms. The van der Waals surface area contributed by atoms with E-state index in [1.54, 1.807) is 18.0 Å². The predicted molar refractivity (Wildman–Crippen MR) is 73.4 cm³/mol. The van der Waals surface area contributed by atoms with Gasteiger partial charge in [0.1, 0.15) is 0 Å². The number of fused-ring (bicyclic) bond motifs is 1. The van der Waals surface area contributed by atoms with Crippen molar-refractivity contribution in [2.75, 3.05) is 11.9 Å². The molecule has 2 rings (SSSR count). The molecule has 1 aliphatic rings. The average Bonchev–Trinajstić information content (AvgIpc) is 2.51. The van der Waals surface area contributed by atoms with Crippen LogP contribution in [0.15, 0.2) is 30.4 Å². The number of allylic oxidation sites excluding steroid dienone is 1. The van der Waals surface area contributed by atoms with Gasteiger partial charge in [-0.25, -0.2) is 4.79 Å². The fourth-order valence-electron chi connectivity index (χ4n) is 2.44. The number of rotatable bonds is 3. The van der Waals surface area contributed by atoms with Gasteiger partial charge in [0.15, 0.2) is 0 Å². The molecule has 1 aliphatic heterocycles. The van der Waals surface area contributed by atoms with Crippen LogP contribution in [-0.2, 0) is 21.4 Å². The third-order valence-electron chi connectivity index (χ3n) is 3.55. The van der Waals surface area contributed by atoms with Crippen LogP contribution in [0.25, 0.3) is 0 Å². The first-order valence-corrected chi connectivity index (χ1v) is 6.15. The Labute approximate surface area is 112 Å². The van der Waals surface area contributed by atoms with Crippen molar-refractivity contribution in [3.05, 3.63) is 41.5 Å². The van der Waals surface area contributed by atoms with Crippen molar-refractivity contribution in [2.24, 2.45) is 0 Å². The van der Waals surface area contributed by atoms with Crippen molar-refractivity contribution >= 4 is 17.6 Å². The van der Waals surface area contributed by atoms with Crippen molar-refractivity contribution in [3.63, 3.8) is 0 Å². The highest BCUT2D eigenvalue weighted by molar-refractivity contribution is 6.07. The molecule has 4 nitrogen and oxygen atoms in total. The van der Waals surface area contributed by atoms with Gasteiger partial charge in [-0.2, -0.15) is 0 Å². The lowest BCUT2D eigenvalue weighted by Gasteiger charge is -2.16. The molecule has 0 bridgehead atoms. The number of amides is 1. The molecule has 0 saturated heterocycles. The molecule has 1 aromatic rings. The van der Waals surface area contributed by atoms with Crippen LogP contribution in [0.2, 0.25) is 0 Å². The summed E-state index contributed by atoms with van der Waals surface area (Å²) < 4.78 is 0. The van der Waals surface area contributed by atoms with Crippen molar-refractivity contribution in [2.45, 2.75) is 25.7 Å². The number of carboxylic acid groups (broad SMARTS) is 1. The van der Waals surface area contributed by atoms with Gasteiger partial charge < -0.3 is 10.0 Å². The third-order valence-corrected chi connectivity index (χ3v) is 3.55. The molecule has 0 atom stereocenters. The Hall–Kier alpha value is -2.10. The van der Waals surface area contributed by atoms with Crippen molar-refractivity contribution in [3.8, 4) is 0 Å². The largest absolute Gasteiger partial charge is 0.478 e. The number of aliphatic carboxylic acids is 1. The van der Waals surface area contributed by atoms with Gasteiger partial charge in [-0.1, -0.05) is 18.2 Å². The van der Waals surface area contributed by atoms with E-state index in [-0.39, 0.29) is 5.91 Å². The van der Waals surface area contributed by atoms with Crippen LogP contribution in [0.5, 0.6) is 0 Å². The monoisotopic (exact) mass is 259 g/mol. The molecule has 1 aromatic carbocycles. The quantitative estimate of drug-likeness (QED) is 0.846. The second-order valence-corrected chi connectivity index (χ2v) is 5.29. The Kier molecular flexibility index (Phi) is 3.18. The lowest BCUT2D eigenvalue weighted by molar-refractivity contribution is -0.131. The number of carbonyl (C=O) groups is 2. The minimum atomic E-state index is -0.948. The second-order valence-electron chi connectivity index (χ2n) is 5.29. The molecule has 0 radical (unpaired) electrons. The number of hydrogen-bond acceptors (Lipinski definition) is 2. The van der Waals surface area contributed by atoms with Crippen LogP contribution < -0.4 is 4.90 Å². The molecular weight excluding hydrogens is 242 g/mol. The number of hydrogen-bond donors (Lipinski definition) is 1. The highest BCUT2D eigenvalue weighted by Gasteiger charge is 2.41. The van der Waals surface area contributed by atoms with Gasteiger partial charge >= 0.3 is 5.97 Å². The van der Waals surface area contributed by atoms with E-state index in [1.165, 1.54) is 0 Å². The zero-order valence-corrected chi connectivity index (χ0v) is 11.3. The predicted octanol–water partition coefficient (Wildman–Crippen LogP) is 2.12. The van der Waals surface area contributed by atoms with Crippen molar-refractivity contribution in [1.29, 1.82) is 0 Å². The number of likely N-dealkylation sites (N-methyl/N-ethyl adjacent to an activating group) is 1. The SMILES string of the molecule is CN1C(=O)C(C)(C)c2cc(C/C=C/C(=O)O)ccc21. The van der Waals surface area contributed by atoms with Crippen LogP contribution >= 0.6 is 0 Å². The second kappa shape index (κ2) is 4.53. The summed E-state index contributed by atoms with van der Waals surface area (Å²) in [4.78, 5) is 24.2. The summed E-state index contributed by atoms with van der Waals surface area (Å²) in [5.41, 5.74) is 2.42. The zero-order valence-electron chi connectivity index (χ0n) is 11.3. The summed E-state index contributed by atoms with van der Waals surface area (Å²) in [6.45, 7) is 3.82. The number of benzene rings is 1. The first kappa shape index (κ1) is 13.3. The smallest absolute Gasteiger partial charge is 0.327 e. The molecule has 4 heteroatoms. The number of anilines is 1. The van der Waals surface area contributed by atoms with Crippen molar-refractivity contribution in [1.82, 2.24) is 0 Å². The summed E-state index contributed by atoms with van der Waals surface area (Å²) in [5, 5.41) is 8.56. The molecule has 0 fully saturated rings. The van der Waals surface area contributed by atoms with E-state index in [4.69, 9.17) is 5.11 Å². The van der Waals surface area contributed by atoms with E-state index < -0.39 is 11.4 Å². The normalized spacial score (nSPS) is 17.0. The van der Waals surface area contributed by atoms with Crippen LogP contribution in [0.3, 0.4) is 0 Å². The van der Waals surface area contributed by atoms with Crippen LogP contribution in [0, 0.1) is 0 Å². The summed E-state index contributed by atoms with van der Waals surface area (Å²) in [5.74, 6) is -0.864. The Bertz CT molecular complexity index is 573. The van der Waals surface area contributed by atoms with Gasteiger partial charge in [0.25, 0.3) is 0 Å². The summed E-state index contributed by atoms with van der Waals surface area (Å²) in [6, 6.07) is 5.84. The molecule has 1 amide bonds. The van der Waals surface area contributed by atoms with Gasteiger partial charge in [-0.3, -0.25) is 4.79 Å². The van der Waals surface area contributed by atoms with E-state index in [9.17, 15) is 9.59 Å². The molecule has 0 aliphatic carbocycles. The average molecular weight is 259 g/mol. The standard InChI is InChI=1S/C15H17NO3/c1-15(2)11-9-10(5-4-6-13(17)18)7-8-12(11)16(3)14(15)19/h4,6-9H,5H2,1-3H3,(H,17,18)/b6-4+. The molecule has 0 aromatic heterocycles. The van der Waals surface area contributed by atoms with Crippen molar-refractivity contribution < 1.29 is 14.7 Å². The van der Waals surface area contributed by atoms with E-state index in [1.807, 2.05) is 32.0 Å². The van der Waals surface area contributed by atoms with E-state index in [2.05, 4.69) is 0 Å². The highest BCUT2D eigenvalue weighted by Crippen LogP contribution is 2.41. The molecule has 0 unspecified atom stereocenters. The molecular formula is C15H17NO3. The fraction of sp³-hybridized carbons (Fsp3) is 0.333. The van der Waals surface area contributed by atoms with Gasteiger partial charge in [0, 0.05) is 18.8 Å². The maximum Gasteiger partial charge on any atom is 0.327 e. The van der Waals surface area contributed by atoms with Crippen LogP contribution in [0.1, 0.15) is 25.0 Å². The van der Waals surface area contributed by atoms with Gasteiger partial charge in [0.05, 0.1) is 5.41 Å². The minimum Gasteiger partial charge on any atom is -0.478 e. The lowest BCUT2D eigenvalue weighted by atomic mass is 9.85. The number of carbonyl (C=O) groups excluding carboxylic acids is 1. The maximum absolute atomic E-state index is 12.1. The van der Waals surface area contributed by atoms with E-state index in [0.717, 1.165) is 22.9 Å². The number of nitrogens with zero attached hydrogens (tertiary/aromatic N) is 1. The highest BCUT2D eigenvalue weighted by atomic mass is 16.4. The zero-order chi connectivity index (χ0) is 14.2. The first-order valence-electron chi connectivity index (χ1n) is 6.15. The number of carboxylic acids is 1. The maximum atomic E-state index is 12.1. The Morgan fingerprint density at radius 3 is 2.74 bits per heavy atom. The Morgan fingerprint density at radius 1 is 1.42 bits per heavy atom. The molecule has 19 heavy (non-hydrogen) atoms. The summed E-state index contributed by atoms with van der Waals surface area (Å²) in [7, 11) is 1.78. The van der Waals surface area contributed by atoms with Gasteiger partial charge in [-0.15, -0.1) is 0 Å². The fourth-order valence-corrected chi connectivity index (χ4v) is 2.44. The summed E-state index contributed by atoms with van der Waals surface area (Å²) >= 11 is 0. The van der Waals surface area contributed by atoms with E-state index in [0.29, 0.717) is 6.42 Å².